The number of unbranched alkanes of at least 4 members (excludes halogenated alkanes) is 4. The maximum absolute atomic E-state index is 12.9. The van der Waals surface area contributed by atoms with Crippen LogP contribution in [0.2, 0.25) is 5.02 Å². The fraction of sp³-hybridized carbons (Fsp3) is 0.667. The number of hydrogen-bond acceptors (Lipinski definition) is 4. The Kier molecular flexibility index (Phi) is 10.2. The summed E-state index contributed by atoms with van der Waals surface area (Å²) < 4.78 is 11.4. The van der Waals surface area contributed by atoms with Gasteiger partial charge in [0, 0.05) is 5.02 Å². The fourth-order valence-corrected chi connectivity index (χ4v) is 3.35. The van der Waals surface area contributed by atoms with E-state index in [4.69, 9.17) is 21.1 Å². The molecule has 0 spiro atoms. The number of rotatable bonds is 12. The lowest BCUT2D eigenvalue weighted by atomic mass is 9.99. The Hall–Kier alpha value is -1.55. The highest BCUT2D eigenvalue weighted by Crippen LogP contribution is 2.26. The number of carbonyl (C=O) groups excluding carboxylic acids is 2. The lowest BCUT2D eigenvalue weighted by Gasteiger charge is -2.27. The van der Waals surface area contributed by atoms with Gasteiger partial charge >= 0.3 is 11.9 Å². The monoisotopic (exact) mass is 424 g/mol. The van der Waals surface area contributed by atoms with Crippen molar-refractivity contribution >= 4 is 23.5 Å². The predicted octanol–water partition coefficient (Wildman–Crippen LogP) is 7.37. The van der Waals surface area contributed by atoms with Gasteiger partial charge in [0.25, 0.3) is 0 Å². The summed E-state index contributed by atoms with van der Waals surface area (Å²) in [6.07, 6.45) is 7.87. The molecule has 0 aliphatic carbocycles. The summed E-state index contributed by atoms with van der Waals surface area (Å²) in [5, 5.41) is 0.375. The number of ether oxygens (including phenoxy) is 2. The van der Waals surface area contributed by atoms with Crippen molar-refractivity contribution in [3.8, 4) is 0 Å². The number of hydrogen-bond donors (Lipinski definition) is 0. The summed E-state index contributed by atoms with van der Waals surface area (Å²) in [5.74, 6) is -1.08. The summed E-state index contributed by atoms with van der Waals surface area (Å²) in [6.45, 7) is 11.8. The van der Waals surface area contributed by atoms with E-state index in [9.17, 15) is 9.59 Å². The molecule has 1 rings (SSSR count). The summed E-state index contributed by atoms with van der Waals surface area (Å²) in [5.41, 5.74) is -0.885. The second kappa shape index (κ2) is 11.6. The first-order valence-corrected chi connectivity index (χ1v) is 11.2. The van der Waals surface area contributed by atoms with Gasteiger partial charge < -0.3 is 9.47 Å². The molecule has 0 atom stereocenters. The van der Waals surface area contributed by atoms with Crippen molar-refractivity contribution in [2.45, 2.75) is 104 Å². The molecule has 0 saturated heterocycles. The van der Waals surface area contributed by atoms with E-state index in [-0.39, 0.29) is 11.1 Å². The SMILES string of the molecule is CCCCCC(C)(C)OC(=O)c1ccc(Cl)cc1C(=O)OC(C)(C)CCCCC. The second-order valence-electron chi connectivity index (χ2n) is 8.90. The van der Waals surface area contributed by atoms with Gasteiger partial charge in [0.2, 0.25) is 0 Å². The Morgan fingerprint density at radius 2 is 1.24 bits per heavy atom. The lowest BCUT2D eigenvalue weighted by molar-refractivity contribution is -0.0102. The highest BCUT2D eigenvalue weighted by Gasteiger charge is 2.29. The van der Waals surface area contributed by atoms with E-state index in [1.165, 1.54) is 12.1 Å². The molecule has 4 nitrogen and oxygen atoms in total. The third kappa shape index (κ3) is 9.20. The third-order valence-electron chi connectivity index (χ3n) is 4.92. The van der Waals surface area contributed by atoms with Crippen LogP contribution in [-0.4, -0.2) is 23.1 Å². The van der Waals surface area contributed by atoms with Crippen molar-refractivity contribution < 1.29 is 19.1 Å². The van der Waals surface area contributed by atoms with Gasteiger partial charge in [-0.15, -0.1) is 0 Å². The molecule has 0 aliphatic heterocycles. The van der Waals surface area contributed by atoms with Gasteiger partial charge in [-0.2, -0.15) is 0 Å². The lowest BCUT2D eigenvalue weighted by Crippen LogP contribution is -2.31. The van der Waals surface area contributed by atoms with Crippen LogP contribution in [0.4, 0.5) is 0 Å². The number of benzene rings is 1. The van der Waals surface area contributed by atoms with E-state index >= 15 is 0 Å². The van der Waals surface area contributed by atoms with Gasteiger partial charge in [-0.05, 0) is 71.6 Å². The average Bonchev–Trinajstić information content (AvgIpc) is 2.60. The zero-order valence-electron chi connectivity index (χ0n) is 18.9. The van der Waals surface area contributed by atoms with Gasteiger partial charge in [0.1, 0.15) is 11.2 Å². The molecule has 0 bridgehead atoms. The average molecular weight is 425 g/mol. The van der Waals surface area contributed by atoms with Crippen molar-refractivity contribution in [1.29, 1.82) is 0 Å². The van der Waals surface area contributed by atoms with Crippen LogP contribution in [-0.2, 0) is 9.47 Å². The van der Waals surface area contributed by atoms with Crippen molar-refractivity contribution in [3.63, 3.8) is 0 Å². The Morgan fingerprint density at radius 3 is 1.69 bits per heavy atom. The van der Waals surface area contributed by atoms with Crippen LogP contribution in [0.15, 0.2) is 18.2 Å². The van der Waals surface area contributed by atoms with Crippen molar-refractivity contribution in [1.82, 2.24) is 0 Å². The molecule has 0 heterocycles. The molecule has 0 fully saturated rings. The quantitative estimate of drug-likeness (QED) is 0.259. The van der Waals surface area contributed by atoms with E-state index in [1.54, 1.807) is 6.07 Å². The Bertz CT molecular complexity index is 679. The van der Waals surface area contributed by atoms with Crippen LogP contribution in [0.3, 0.4) is 0 Å². The van der Waals surface area contributed by atoms with E-state index in [2.05, 4.69) is 13.8 Å². The first-order chi connectivity index (χ1) is 13.5. The molecule has 0 amide bonds. The number of halogens is 1. The summed E-state index contributed by atoms with van der Waals surface area (Å²) in [7, 11) is 0. The molecule has 0 radical (unpaired) electrons. The van der Waals surface area contributed by atoms with Crippen LogP contribution in [0.1, 0.15) is 114 Å². The molecular formula is C24H37ClO4. The minimum atomic E-state index is -0.616. The van der Waals surface area contributed by atoms with E-state index in [1.807, 2.05) is 27.7 Å². The van der Waals surface area contributed by atoms with Gasteiger partial charge in [0.15, 0.2) is 0 Å². The van der Waals surface area contributed by atoms with Crippen LogP contribution in [0.25, 0.3) is 0 Å². The molecule has 164 valence electrons. The molecule has 5 heteroatoms. The molecule has 0 unspecified atom stereocenters. The topological polar surface area (TPSA) is 52.6 Å². The number of esters is 2. The van der Waals surface area contributed by atoms with Crippen LogP contribution >= 0.6 is 11.6 Å². The highest BCUT2D eigenvalue weighted by atomic mass is 35.5. The molecule has 1 aromatic rings. The zero-order chi connectivity index (χ0) is 22.1. The van der Waals surface area contributed by atoms with Crippen molar-refractivity contribution in [2.75, 3.05) is 0 Å². The van der Waals surface area contributed by atoms with E-state index in [0.717, 1.165) is 51.4 Å². The predicted molar refractivity (Wildman–Crippen MR) is 119 cm³/mol. The summed E-state index contributed by atoms with van der Waals surface area (Å²) in [6, 6.07) is 4.60. The Morgan fingerprint density at radius 1 is 0.793 bits per heavy atom. The molecule has 29 heavy (non-hydrogen) atoms. The highest BCUT2D eigenvalue weighted by molar-refractivity contribution is 6.31. The zero-order valence-corrected chi connectivity index (χ0v) is 19.7. The smallest absolute Gasteiger partial charge is 0.339 e. The van der Waals surface area contributed by atoms with Crippen molar-refractivity contribution in [2.24, 2.45) is 0 Å². The van der Waals surface area contributed by atoms with Crippen molar-refractivity contribution in [3.05, 3.63) is 34.3 Å². The minimum Gasteiger partial charge on any atom is -0.456 e. The molecule has 0 aromatic heterocycles. The van der Waals surface area contributed by atoms with Crippen LogP contribution in [0, 0.1) is 0 Å². The van der Waals surface area contributed by atoms with Crippen LogP contribution < -0.4 is 0 Å². The molecule has 0 N–H and O–H groups in total. The normalized spacial score (nSPS) is 12.0. The first kappa shape index (κ1) is 25.5. The maximum Gasteiger partial charge on any atom is 0.339 e. The second-order valence-corrected chi connectivity index (χ2v) is 9.34. The van der Waals surface area contributed by atoms with Gasteiger partial charge in [0.05, 0.1) is 11.1 Å². The van der Waals surface area contributed by atoms with Gasteiger partial charge in [-0.25, -0.2) is 9.59 Å². The Labute approximate surface area is 181 Å². The molecule has 0 aliphatic rings. The standard InChI is InChI=1S/C24H37ClO4/c1-7-9-11-15-23(3,4)28-21(26)19-14-13-18(25)17-20(19)22(27)29-24(5,6)16-12-10-8-2/h13-14,17H,7-12,15-16H2,1-6H3. The summed E-state index contributed by atoms with van der Waals surface area (Å²) >= 11 is 6.10. The Balaban J connectivity index is 2.96. The fourth-order valence-electron chi connectivity index (χ4n) is 3.18. The van der Waals surface area contributed by atoms with Gasteiger partial charge in [-0.1, -0.05) is 51.1 Å². The first-order valence-electron chi connectivity index (χ1n) is 10.8. The van der Waals surface area contributed by atoms with Gasteiger partial charge in [-0.3, -0.25) is 0 Å². The van der Waals surface area contributed by atoms with Crippen LogP contribution in [0.5, 0.6) is 0 Å². The van der Waals surface area contributed by atoms with E-state index in [0.29, 0.717) is 5.02 Å². The largest absolute Gasteiger partial charge is 0.456 e. The maximum atomic E-state index is 12.9. The summed E-state index contributed by atoms with van der Waals surface area (Å²) in [4.78, 5) is 25.7. The number of carbonyl (C=O) groups is 2. The van der Waals surface area contributed by atoms with E-state index < -0.39 is 23.1 Å². The molecule has 1 aromatic carbocycles. The minimum absolute atomic E-state index is 0.149. The molecular weight excluding hydrogens is 388 g/mol. The third-order valence-corrected chi connectivity index (χ3v) is 5.16. The molecule has 0 saturated carbocycles.